The summed E-state index contributed by atoms with van der Waals surface area (Å²) in [5.74, 6) is 0.774. The molecule has 1 aliphatic rings. The Labute approximate surface area is 110 Å². The van der Waals surface area contributed by atoms with Crippen LogP contribution in [0.5, 0.6) is 5.88 Å². The number of aromatic nitrogens is 3. The molecule has 0 saturated carbocycles. The molecule has 0 radical (unpaired) electrons. The molecule has 94 valence electrons. The lowest BCUT2D eigenvalue weighted by Crippen LogP contribution is -2.10. The second-order valence-electron chi connectivity index (χ2n) is 4.70. The van der Waals surface area contributed by atoms with Crippen molar-refractivity contribution in [1.82, 2.24) is 15.0 Å². The fourth-order valence-electron chi connectivity index (χ4n) is 2.69. The highest BCUT2D eigenvalue weighted by Gasteiger charge is 2.18. The Bertz CT molecular complexity index is 748. The number of para-hydroxylation sites is 1. The normalized spacial score (nSPS) is 14.1. The smallest absolute Gasteiger partial charge is 0.217 e. The van der Waals surface area contributed by atoms with Crippen LogP contribution in [-0.2, 0) is 6.42 Å². The molecule has 3 aromatic rings. The maximum Gasteiger partial charge on any atom is 0.217 e. The number of ether oxygens (including phenoxy) is 1. The van der Waals surface area contributed by atoms with Crippen molar-refractivity contribution in [3.63, 3.8) is 0 Å². The lowest BCUT2D eigenvalue weighted by molar-refractivity contribution is 0.276. The van der Waals surface area contributed by atoms with E-state index < -0.39 is 0 Å². The summed E-state index contributed by atoms with van der Waals surface area (Å²) in [6, 6.07) is 8.24. The van der Waals surface area contributed by atoms with Crippen LogP contribution in [0.25, 0.3) is 22.2 Å². The molecule has 0 bridgehead atoms. The monoisotopic (exact) mass is 251 g/mol. The third kappa shape index (κ3) is 1.60. The molecule has 0 fully saturated rings. The molecule has 1 aliphatic heterocycles. The summed E-state index contributed by atoms with van der Waals surface area (Å²) in [5, 5.41) is 0. The molecule has 0 spiro atoms. The van der Waals surface area contributed by atoms with E-state index in [-0.39, 0.29) is 0 Å². The van der Waals surface area contributed by atoms with Crippen LogP contribution >= 0.6 is 0 Å². The molecule has 19 heavy (non-hydrogen) atoms. The van der Waals surface area contributed by atoms with Crippen LogP contribution in [0.4, 0.5) is 0 Å². The Kier molecular flexibility index (Phi) is 2.27. The van der Waals surface area contributed by atoms with Crippen molar-refractivity contribution in [3.8, 4) is 17.0 Å². The summed E-state index contributed by atoms with van der Waals surface area (Å²) >= 11 is 0. The summed E-state index contributed by atoms with van der Waals surface area (Å²) < 4.78 is 5.64. The number of aromatic amines is 1. The minimum absolute atomic E-state index is 0.760. The summed E-state index contributed by atoms with van der Waals surface area (Å²) in [6.45, 7) is 0.760. The second-order valence-corrected chi connectivity index (χ2v) is 4.70. The predicted octanol–water partition coefficient (Wildman–Crippen LogP) is 2.95. The molecule has 1 N–H and O–H groups in total. The summed E-state index contributed by atoms with van der Waals surface area (Å²) in [4.78, 5) is 11.9. The van der Waals surface area contributed by atoms with Gasteiger partial charge < -0.3 is 9.72 Å². The molecule has 0 saturated heterocycles. The van der Waals surface area contributed by atoms with Gasteiger partial charge in [0.15, 0.2) is 0 Å². The van der Waals surface area contributed by atoms with Gasteiger partial charge in [-0.3, -0.25) is 0 Å². The number of nitrogens with zero attached hydrogens (tertiary/aromatic N) is 2. The van der Waals surface area contributed by atoms with Gasteiger partial charge >= 0.3 is 0 Å². The molecule has 2 aromatic heterocycles. The minimum Gasteiger partial charge on any atom is -0.477 e. The highest BCUT2D eigenvalue weighted by molar-refractivity contribution is 5.92. The van der Waals surface area contributed by atoms with E-state index in [1.54, 1.807) is 6.33 Å². The number of H-pyrrole nitrogens is 1. The Morgan fingerprint density at radius 3 is 3.11 bits per heavy atom. The van der Waals surface area contributed by atoms with Crippen LogP contribution in [0.15, 0.2) is 36.8 Å². The Morgan fingerprint density at radius 2 is 2.11 bits per heavy atom. The van der Waals surface area contributed by atoms with Gasteiger partial charge in [0, 0.05) is 17.3 Å². The number of imidazole rings is 1. The Hall–Kier alpha value is -2.36. The Morgan fingerprint density at radius 1 is 1.11 bits per heavy atom. The maximum atomic E-state index is 5.64. The number of hydrogen-bond donors (Lipinski definition) is 1. The van der Waals surface area contributed by atoms with Crippen LogP contribution in [-0.4, -0.2) is 21.6 Å². The van der Waals surface area contributed by atoms with Crippen LogP contribution in [0.1, 0.15) is 12.0 Å². The van der Waals surface area contributed by atoms with Crippen molar-refractivity contribution in [2.45, 2.75) is 12.8 Å². The van der Waals surface area contributed by atoms with Crippen LogP contribution in [0, 0.1) is 0 Å². The zero-order valence-corrected chi connectivity index (χ0v) is 10.4. The number of nitrogens with one attached hydrogen (secondary N) is 1. The fraction of sp³-hybridized carbons (Fsp3) is 0.200. The van der Waals surface area contributed by atoms with Gasteiger partial charge in [-0.05, 0) is 30.5 Å². The SMILES string of the molecule is c1cc(-c2ccnc3c2CCCO3)c2nc[nH]c2c1. The molecule has 4 nitrogen and oxygen atoms in total. The van der Waals surface area contributed by atoms with E-state index in [1.165, 1.54) is 11.1 Å². The van der Waals surface area contributed by atoms with Crippen LogP contribution in [0.2, 0.25) is 0 Å². The molecule has 1 aromatic carbocycles. The maximum absolute atomic E-state index is 5.64. The van der Waals surface area contributed by atoms with Crippen LogP contribution < -0.4 is 4.74 Å². The zero-order chi connectivity index (χ0) is 12.7. The molecule has 0 amide bonds. The first kappa shape index (κ1) is 10.6. The molecule has 4 rings (SSSR count). The standard InChI is InChI=1S/C15H13N3O/c1-3-11(14-13(5-1)17-9-18-14)10-6-7-16-15-12(10)4-2-8-19-15/h1,3,5-7,9H,2,4,8H2,(H,17,18). The van der Waals surface area contributed by atoms with Crippen molar-refractivity contribution in [2.75, 3.05) is 6.61 Å². The molecule has 0 aliphatic carbocycles. The van der Waals surface area contributed by atoms with Gasteiger partial charge in [0.1, 0.15) is 0 Å². The average Bonchev–Trinajstić information content (AvgIpc) is 2.95. The quantitative estimate of drug-likeness (QED) is 0.723. The summed E-state index contributed by atoms with van der Waals surface area (Å²) in [7, 11) is 0. The second kappa shape index (κ2) is 4.09. The molecule has 3 heterocycles. The van der Waals surface area contributed by atoms with Gasteiger partial charge in [-0.25, -0.2) is 9.97 Å². The molecular weight excluding hydrogens is 238 g/mol. The largest absolute Gasteiger partial charge is 0.477 e. The minimum atomic E-state index is 0.760. The third-order valence-electron chi connectivity index (χ3n) is 3.57. The number of rotatable bonds is 1. The van der Waals surface area contributed by atoms with E-state index in [9.17, 15) is 0 Å². The number of benzene rings is 1. The Balaban J connectivity index is 2.00. The first-order valence-electron chi connectivity index (χ1n) is 6.46. The van der Waals surface area contributed by atoms with Gasteiger partial charge in [-0.15, -0.1) is 0 Å². The molecule has 4 heteroatoms. The fourth-order valence-corrected chi connectivity index (χ4v) is 2.69. The average molecular weight is 251 g/mol. The van der Waals surface area contributed by atoms with E-state index in [2.05, 4.69) is 27.1 Å². The van der Waals surface area contributed by atoms with Crippen molar-refractivity contribution < 1.29 is 4.74 Å². The van der Waals surface area contributed by atoms with Crippen LogP contribution in [0.3, 0.4) is 0 Å². The van der Waals surface area contributed by atoms with Gasteiger partial charge in [-0.2, -0.15) is 0 Å². The predicted molar refractivity (Wildman–Crippen MR) is 73.1 cm³/mol. The molecular formula is C15H13N3O. The van der Waals surface area contributed by atoms with Gasteiger partial charge in [0.05, 0.1) is 24.0 Å². The lowest BCUT2D eigenvalue weighted by Gasteiger charge is -2.19. The number of fused-ring (bicyclic) bond motifs is 2. The topological polar surface area (TPSA) is 50.8 Å². The van der Waals surface area contributed by atoms with Crippen molar-refractivity contribution in [3.05, 3.63) is 42.4 Å². The summed E-state index contributed by atoms with van der Waals surface area (Å²) in [5.41, 5.74) is 5.58. The van der Waals surface area contributed by atoms with Crippen molar-refractivity contribution in [1.29, 1.82) is 0 Å². The molecule has 0 atom stereocenters. The highest BCUT2D eigenvalue weighted by Crippen LogP contribution is 2.35. The van der Waals surface area contributed by atoms with Gasteiger partial charge in [0.25, 0.3) is 0 Å². The zero-order valence-electron chi connectivity index (χ0n) is 10.4. The number of hydrogen-bond acceptors (Lipinski definition) is 3. The third-order valence-corrected chi connectivity index (χ3v) is 3.57. The van der Waals surface area contributed by atoms with E-state index in [4.69, 9.17) is 4.74 Å². The first-order valence-corrected chi connectivity index (χ1v) is 6.46. The van der Waals surface area contributed by atoms with Gasteiger partial charge in [0.2, 0.25) is 5.88 Å². The highest BCUT2D eigenvalue weighted by atomic mass is 16.5. The first-order chi connectivity index (χ1) is 9.43. The van der Waals surface area contributed by atoms with Crippen molar-refractivity contribution >= 4 is 11.0 Å². The number of pyridine rings is 1. The van der Waals surface area contributed by atoms with E-state index in [0.717, 1.165) is 41.9 Å². The van der Waals surface area contributed by atoms with Crippen molar-refractivity contribution in [2.24, 2.45) is 0 Å². The summed E-state index contributed by atoms with van der Waals surface area (Å²) in [6.07, 6.45) is 5.60. The van der Waals surface area contributed by atoms with Gasteiger partial charge in [-0.1, -0.05) is 12.1 Å². The van der Waals surface area contributed by atoms with E-state index in [0.29, 0.717) is 0 Å². The lowest BCUT2D eigenvalue weighted by atomic mass is 9.96. The van der Waals surface area contributed by atoms with E-state index >= 15 is 0 Å². The van der Waals surface area contributed by atoms with E-state index in [1.807, 2.05) is 18.3 Å². The molecule has 0 unspecified atom stereocenters.